The summed E-state index contributed by atoms with van der Waals surface area (Å²) in [5, 5.41) is 0. The van der Waals surface area contributed by atoms with Crippen LogP contribution in [0.15, 0.2) is 24.3 Å². The number of likely N-dealkylation sites (N-methyl/N-ethyl adjacent to an activating group) is 1. The van der Waals surface area contributed by atoms with Crippen LogP contribution in [0, 0.1) is 0 Å². The summed E-state index contributed by atoms with van der Waals surface area (Å²) in [5.41, 5.74) is 1.01. The summed E-state index contributed by atoms with van der Waals surface area (Å²) in [5.74, 6) is 1.52. The summed E-state index contributed by atoms with van der Waals surface area (Å²) < 4.78 is 15.5. The molecule has 2 aliphatic rings. The second kappa shape index (κ2) is 4.25. The molecule has 1 fully saturated rings. The molecule has 5 heteroatoms. The summed E-state index contributed by atoms with van der Waals surface area (Å²) in [6, 6.07) is 5.73. The van der Waals surface area contributed by atoms with E-state index >= 15 is 0 Å². The van der Waals surface area contributed by atoms with Crippen LogP contribution in [0.5, 0.6) is 11.5 Å². The molecule has 0 aromatic heterocycles. The lowest BCUT2D eigenvalue weighted by Gasteiger charge is -2.11. The number of rotatable bonds is 2. The Morgan fingerprint density at radius 1 is 1.28 bits per heavy atom. The van der Waals surface area contributed by atoms with Gasteiger partial charge in [0.1, 0.15) is 6.61 Å². The van der Waals surface area contributed by atoms with Gasteiger partial charge in [0.25, 0.3) is 0 Å². The second-order valence-electron chi connectivity index (χ2n) is 4.23. The van der Waals surface area contributed by atoms with Gasteiger partial charge in [0.05, 0.1) is 6.04 Å². The van der Waals surface area contributed by atoms with Crippen molar-refractivity contribution in [3.05, 3.63) is 29.8 Å². The Morgan fingerprint density at radius 3 is 2.89 bits per heavy atom. The van der Waals surface area contributed by atoms with Crippen LogP contribution < -0.4 is 9.47 Å². The largest absolute Gasteiger partial charge is 0.454 e. The number of ether oxygens (including phenoxy) is 3. The van der Waals surface area contributed by atoms with Crippen molar-refractivity contribution in [3.63, 3.8) is 0 Å². The molecule has 0 spiro atoms. The minimum atomic E-state index is -0.282. The van der Waals surface area contributed by atoms with Gasteiger partial charge in [-0.15, -0.1) is 0 Å². The lowest BCUT2D eigenvalue weighted by atomic mass is 10.1. The van der Waals surface area contributed by atoms with Crippen LogP contribution in [-0.4, -0.2) is 37.5 Å². The highest BCUT2D eigenvalue weighted by Gasteiger charge is 2.27. The number of carbonyl (C=O) groups is 1. The minimum Gasteiger partial charge on any atom is -0.454 e. The SMILES string of the molecule is CN1C(=O)OC[C@H]1/C=C/c1ccc2c(c1)OCO2. The fourth-order valence-electron chi connectivity index (χ4n) is 1.93. The molecule has 94 valence electrons. The summed E-state index contributed by atoms with van der Waals surface area (Å²) in [6.45, 7) is 0.673. The highest BCUT2D eigenvalue weighted by molar-refractivity contribution is 5.70. The second-order valence-corrected chi connectivity index (χ2v) is 4.23. The van der Waals surface area contributed by atoms with Crippen molar-refractivity contribution in [1.82, 2.24) is 4.90 Å². The Morgan fingerprint density at radius 2 is 2.11 bits per heavy atom. The number of benzene rings is 1. The van der Waals surface area contributed by atoms with Gasteiger partial charge >= 0.3 is 6.09 Å². The van der Waals surface area contributed by atoms with Gasteiger partial charge in [-0.3, -0.25) is 0 Å². The molecule has 1 aromatic carbocycles. The van der Waals surface area contributed by atoms with Crippen molar-refractivity contribution in [2.24, 2.45) is 0 Å². The number of amides is 1. The van der Waals surface area contributed by atoms with Gasteiger partial charge in [-0.2, -0.15) is 0 Å². The maximum Gasteiger partial charge on any atom is 0.410 e. The predicted molar refractivity (Wildman–Crippen MR) is 64.5 cm³/mol. The van der Waals surface area contributed by atoms with E-state index in [1.54, 1.807) is 11.9 Å². The van der Waals surface area contributed by atoms with Crippen LogP contribution in [0.1, 0.15) is 5.56 Å². The Hall–Kier alpha value is -2.17. The molecule has 1 amide bonds. The van der Waals surface area contributed by atoms with Crippen molar-refractivity contribution in [2.75, 3.05) is 20.4 Å². The molecule has 3 rings (SSSR count). The zero-order chi connectivity index (χ0) is 12.5. The molecule has 0 N–H and O–H groups in total. The molecule has 0 bridgehead atoms. The van der Waals surface area contributed by atoms with Gasteiger partial charge in [-0.05, 0) is 17.7 Å². The first-order valence-electron chi connectivity index (χ1n) is 5.71. The predicted octanol–water partition coefficient (Wildman–Crippen LogP) is 1.88. The fraction of sp³-hybridized carbons (Fsp3) is 0.308. The number of nitrogens with zero attached hydrogens (tertiary/aromatic N) is 1. The fourth-order valence-corrected chi connectivity index (χ4v) is 1.93. The quantitative estimate of drug-likeness (QED) is 0.800. The van der Waals surface area contributed by atoms with Crippen LogP contribution >= 0.6 is 0 Å². The molecule has 0 unspecified atom stereocenters. The van der Waals surface area contributed by atoms with E-state index in [2.05, 4.69) is 0 Å². The van der Waals surface area contributed by atoms with E-state index in [-0.39, 0.29) is 18.9 Å². The Bertz CT molecular complexity index is 512. The Kier molecular flexibility index (Phi) is 2.59. The first kappa shape index (κ1) is 11.0. The highest BCUT2D eigenvalue weighted by atomic mass is 16.7. The third-order valence-electron chi connectivity index (χ3n) is 3.07. The molecule has 18 heavy (non-hydrogen) atoms. The lowest BCUT2D eigenvalue weighted by molar-refractivity contribution is 0.163. The maximum absolute atomic E-state index is 11.2. The van der Waals surface area contributed by atoms with E-state index in [1.165, 1.54) is 0 Å². The van der Waals surface area contributed by atoms with Crippen LogP contribution in [0.2, 0.25) is 0 Å². The van der Waals surface area contributed by atoms with E-state index in [9.17, 15) is 4.79 Å². The molecule has 2 heterocycles. The maximum atomic E-state index is 11.2. The van der Waals surface area contributed by atoms with Crippen LogP contribution in [0.3, 0.4) is 0 Å². The zero-order valence-electron chi connectivity index (χ0n) is 9.96. The average Bonchev–Trinajstić information content (AvgIpc) is 2.96. The van der Waals surface area contributed by atoms with E-state index in [0.29, 0.717) is 6.61 Å². The van der Waals surface area contributed by atoms with E-state index in [0.717, 1.165) is 17.1 Å². The molecule has 1 saturated heterocycles. The van der Waals surface area contributed by atoms with E-state index < -0.39 is 0 Å². The van der Waals surface area contributed by atoms with Crippen LogP contribution in [-0.2, 0) is 4.74 Å². The van der Waals surface area contributed by atoms with Gasteiger partial charge in [0.2, 0.25) is 6.79 Å². The van der Waals surface area contributed by atoms with Crippen molar-refractivity contribution in [2.45, 2.75) is 6.04 Å². The van der Waals surface area contributed by atoms with E-state index in [1.807, 2.05) is 30.4 Å². The molecule has 1 atom stereocenters. The van der Waals surface area contributed by atoms with Gasteiger partial charge in [0, 0.05) is 7.05 Å². The summed E-state index contributed by atoms with van der Waals surface area (Å²) in [4.78, 5) is 12.8. The van der Waals surface area contributed by atoms with Gasteiger partial charge < -0.3 is 19.1 Å². The third-order valence-corrected chi connectivity index (χ3v) is 3.07. The number of hydrogen-bond acceptors (Lipinski definition) is 4. The van der Waals surface area contributed by atoms with Crippen LogP contribution in [0.4, 0.5) is 4.79 Å². The van der Waals surface area contributed by atoms with Gasteiger partial charge in [-0.1, -0.05) is 18.2 Å². The molecule has 1 aromatic rings. The number of hydrogen-bond donors (Lipinski definition) is 0. The normalized spacial score (nSPS) is 21.7. The molecule has 5 nitrogen and oxygen atoms in total. The number of fused-ring (bicyclic) bond motifs is 1. The minimum absolute atomic E-state index is 0.0112. The standard InChI is InChI=1S/C13H13NO4/c1-14-10(7-16-13(14)15)4-2-9-3-5-11-12(6-9)18-8-17-11/h2-6,10H,7-8H2,1H3/b4-2+/t10-/m1/s1. The summed E-state index contributed by atoms with van der Waals surface area (Å²) >= 11 is 0. The smallest absolute Gasteiger partial charge is 0.410 e. The lowest BCUT2D eigenvalue weighted by Crippen LogP contribution is -2.27. The van der Waals surface area contributed by atoms with Crippen molar-refractivity contribution in [3.8, 4) is 11.5 Å². The van der Waals surface area contributed by atoms with Crippen molar-refractivity contribution < 1.29 is 19.0 Å². The highest BCUT2D eigenvalue weighted by Crippen LogP contribution is 2.32. The van der Waals surface area contributed by atoms with E-state index in [4.69, 9.17) is 14.2 Å². The Balaban J connectivity index is 1.74. The van der Waals surface area contributed by atoms with Gasteiger partial charge in [-0.25, -0.2) is 4.79 Å². The first-order chi connectivity index (χ1) is 8.74. The Labute approximate surface area is 105 Å². The molecule has 2 aliphatic heterocycles. The third kappa shape index (κ3) is 1.88. The number of carbonyl (C=O) groups excluding carboxylic acids is 1. The molecular formula is C13H13NO4. The monoisotopic (exact) mass is 247 g/mol. The van der Waals surface area contributed by atoms with Crippen molar-refractivity contribution in [1.29, 1.82) is 0 Å². The van der Waals surface area contributed by atoms with Crippen LogP contribution in [0.25, 0.3) is 6.08 Å². The molecule has 0 radical (unpaired) electrons. The summed E-state index contributed by atoms with van der Waals surface area (Å²) in [6.07, 6.45) is 3.61. The molecular weight excluding hydrogens is 234 g/mol. The topological polar surface area (TPSA) is 48.0 Å². The average molecular weight is 247 g/mol. The first-order valence-corrected chi connectivity index (χ1v) is 5.71. The van der Waals surface area contributed by atoms with Gasteiger partial charge in [0.15, 0.2) is 11.5 Å². The zero-order valence-corrected chi connectivity index (χ0v) is 9.96. The molecule has 0 saturated carbocycles. The summed E-state index contributed by atoms with van der Waals surface area (Å²) in [7, 11) is 1.73. The van der Waals surface area contributed by atoms with Crippen molar-refractivity contribution >= 4 is 12.2 Å². The molecule has 0 aliphatic carbocycles. The number of cyclic esters (lactones) is 1.